The molecule has 0 spiro atoms. The summed E-state index contributed by atoms with van der Waals surface area (Å²) in [5.74, 6) is -0.584. The van der Waals surface area contributed by atoms with Crippen LogP contribution in [0.25, 0.3) is 0 Å². The molecular weight excluding hydrogens is 178 g/mol. The van der Waals surface area contributed by atoms with E-state index in [4.69, 9.17) is 0 Å². The van der Waals surface area contributed by atoms with Gasteiger partial charge < -0.3 is 5.11 Å². The highest BCUT2D eigenvalue weighted by molar-refractivity contribution is 5.79. The summed E-state index contributed by atoms with van der Waals surface area (Å²) in [5, 5.41) is 9.41. The Labute approximate surface area is 85.1 Å². The first kappa shape index (κ1) is 9.97. The summed E-state index contributed by atoms with van der Waals surface area (Å²) in [5.41, 5.74) is -0.491. The molecule has 1 heterocycles. The predicted octanol–water partition coefficient (Wildman–Crippen LogP) is 1.87. The van der Waals surface area contributed by atoms with Crippen LogP contribution in [-0.4, -0.2) is 34.6 Å². The maximum Gasteiger partial charge on any atom is 0.324 e. The number of rotatable bonds is 2. The minimum atomic E-state index is -0.584. The third kappa shape index (κ3) is 1.54. The van der Waals surface area contributed by atoms with Gasteiger partial charge in [0, 0.05) is 13.1 Å². The van der Waals surface area contributed by atoms with Crippen molar-refractivity contribution in [2.75, 3.05) is 13.1 Å². The van der Waals surface area contributed by atoms with Gasteiger partial charge in [-0.15, -0.1) is 0 Å². The van der Waals surface area contributed by atoms with Crippen LogP contribution in [0.15, 0.2) is 0 Å². The Morgan fingerprint density at radius 2 is 1.57 bits per heavy atom. The molecule has 2 rings (SSSR count). The van der Waals surface area contributed by atoms with Crippen molar-refractivity contribution in [3.05, 3.63) is 0 Å². The van der Waals surface area contributed by atoms with Crippen LogP contribution in [-0.2, 0) is 4.79 Å². The van der Waals surface area contributed by atoms with Crippen molar-refractivity contribution in [1.82, 2.24) is 4.90 Å². The molecule has 1 aliphatic heterocycles. The number of nitrogens with zero attached hydrogens (tertiary/aromatic N) is 1. The zero-order chi connectivity index (χ0) is 10.0. The quantitative estimate of drug-likeness (QED) is 0.687. The third-order valence-electron chi connectivity index (χ3n) is 3.79. The molecule has 3 nitrogen and oxygen atoms in total. The summed E-state index contributed by atoms with van der Waals surface area (Å²) in [6, 6.07) is 0. The molecule has 0 aromatic rings. The number of hydrogen-bond donors (Lipinski definition) is 1. The van der Waals surface area contributed by atoms with Crippen LogP contribution in [0.2, 0.25) is 0 Å². The standard InChI is InChI=1S/C11H19NO2/c13-10(14)11(12-8-5-9-12)6-3-1-2-4-7-11/h1-9H2,(H,13,14). The normalized spacial score (nSPS) is 27.7. The summed E-state index contributed by atoms with van der Waals surface area (Å²) >= 11 is 0. The number of carboxylic acids is 1. The largest absolute Gasteiger partial charge is 0.480 e. The number of carboxylic acid groups (broad SMARTS) is 1. The maximum absolute atomic E-state index is 11.4. The molecule has 80 valence electrons. The first-order chi connectivity index (χ1) is 6.76. The highest BCUT2D eigenvalue weighted by atomic mass is 16.4. The second-order valence-corrected chi connectivity index (χ2v) is 4.59. The summed E-state index contributed by atoms with van der Waals surface area (Å²) in [4.78, 5) is 13.6. The lowest BCUT2D eigenvalue weighted by Gasteiger charge is -2.45. The number of aliphatic carboxylic acids is 1. The predicted molar refractivity (Wildman–Crippen MR) is 54.3 cm³/mol. The highest BCUT2D eigenvalue weighted by Crippen LogP contribution is 2.35. The molecular formula is C11H19NO2. The van der Waals surface area contributed by atoms with Crippen molar-refractivity contribution < 1.29 is 9.90 Å². The van der Waals surface area contributed by atoms with Crippen molar-refractivity contribution in [2.45, 2.75) is 50.5 Å². The topological polar surface area (TPSA) is 40.5 Å². The molecule has 0 aromatic heterocycles. The Morgan fingerprint density at radius 3 is 1.93 bits per heavy atom. The Bertz CT molecular complexity index is 215. The second kappa shape index (κ2) is 3.89. The van der Waals surface area contributed by atoms with E-state index in [1.807, 2.05) is 0 Å². The van der Waals surface area contributed by atoms with E-state index >= 15 is 0 Å². The summed E-state index contributed by atoms with van der Waals surface area (Å²) < 4.78 is 0. The number of carbonyl (C=O) groups is 1. The highest BCUT2D eigenvalue weighted by Gasteiger charge is 2.45. The van der Waals surface area contributed by atoms with Crippen molar-refractivity contribution in [3.63, 3.8) is 0 Å². The van der Waals surface area contributed by atoms with E-state index in [0.29, 0.717) is 0 Å². The molecule has 1 aliphatic carbocycles. The fraction of sp³-hybridized carbons (Fsp3) is 0.909. The number of hydrogen-bond acceptors (Lipinski definition) is 2. The van der Waals surface area contributed by atoms with Crippen molar-refractivity contribution >= 4 is 5.97 Å². The first-order valence-electron chi connectivity index (χ1n) is 5.74. The van der Waals surface area contributed by atoms with Gasteiger partial charge in [0.25, 0.3) is 0 Å². The van der Waals surface area contributed by atoms with E-state index in [0.717, 1.165) is 38.8 Å². The van der Waals surface area contributed by atoms with Crippen LogP contribution in [0.3, 0.4) is 0 Å². The molecule has 14 heavy (non-hydrogen) atoms. The van der Waals surface area contributed by atoms with Crippen LogP contribution < -0.4 is 0 Å². The third-order valence-corrected chi connectivity index (χ3v) is 3.79. The van der Waals surface area contributed by atoms with Gasteiger partial charge in [-0.05, 0) is 19.3 Å². The molecule has 1 N–H and O–H groups in total. The Kier molecular flexibility index (Phi) is 2.77. The Balaban J connectivity index is 2.13. The molecule has 1 saturated carbocycles. The van der Waals surface area contributed by atoms with E-state index in [1.54, 1.807) is 0 Å². The summed E-state index contributed by atoms with van der Waals surface area (Å²) in [6.45, 7) is 1.98. The van der Waals surface area contributed by atoms with Crippen LogP contribution in [0.1, 0.15) is 44.9 Å². The van der Waals surface area contributed by atoms with Gasteiger partial charge in [0.15, 0.2) is 0 Å². The minimum absolute atomic E-state index is 0.491. The van der Waals surface area contributed by atoms with Crippen molar-refractivity contribution in [1.29, 1.82) is 0 Å². The Morgan fingerprint density at radius 1 is 1.00 bits per heavy atom. The molecule has 0 aromatic carbocycles. The van der Waals surface area contributed by atoms with Gasteiger partial charge in [-0.2, -0.15) is 0 Å². The molecule has 3 heteroatoms. The fourth-order valence-corrected chi connectivity index (χ4v) is 2.72. The van der Waals surface area contributed by atoms with Gasteiger partial charge >= 0.3 is 5.97 Å². The summed E-state index contributed by atoms with van der Waals surface area (Å²) in [6.07, 6.45) is 7.50. The average Bonchev–Trinajstić information content (AvgIpc) is 2.27. The molecule has 2 fully saturated rings. The molecule has 1 saturated heterocycles. The molecule has 0 amide bonds. The Hall–Kier alpha value is -0.570. The van der Waals surface area contributed by atoms with Crippen LogP contribution in [0.4, 0.5) is 0 Å². The van der Waals surface area contributed by atoms with Gasteiger partial charge in [0.1, 0.15) is 5.54 Å². The minimum Gasteiger partial charge on any atom is -0.480 e. The average molecular weight is 197 g/mol. The lowest BCUT2D eigenvalue weighted by Crippen LogP contribution is -2.59. The van der Waals surface area contributed by atoms with Gasteiger partial charge in [-0.3, -0.25) is 9.69 Å². The zero-order valence-corrected chi connectivity index (χ0v) is 8.67. The first-order valence-corrected chi connectivity index (χ1v) is 5.74. The zero-order valence-electron chi connectivity index (χ0n) is 8.67. The van der Waals surface area contributed by atoms with Gasteiger partial charge in [-0.1, -0.05) is 25.7 Å². The van der Waals surface area contributed by atoms with Crippen LogP contribution >= 0.6 is 0 Å². The lowest BCUT2D eigenvalue weighted by atomic mass is 9.85. The van der Waals surface area contributed by atoms with E-state index in [1.165, 1.54) is 19.3 Å². The summed E-state index contributed by atoms with van der Waals surface area (Å²) in [7, 11) is 0. The van der Waals surface area contributed by atoms with Crippen LogP contribution in [0.5, 0.6) is 0 Å². The van der Waals surface area contributed by atoms with E-state index in [-0.39, 0.29) is 0 Å². The van der Waals surface area contributed by atoms with E-state index < -0.39 is 11.5 Å². The SMILES string of the molecule is O=C(O)C1(N2CCC2)CCCCCC1. The smallest absolute Gasteiger partial charge is 0.324 e. The maximum atomic E-state index is 11.4. The molecule has 0 bridgehead atoms. The molecule has 2 aliphatic rings. The fourth-order valence-electron chi connectivity index (χ4n) is 2.72. The van der Waals surface area contributed by atoms with Crippen molar-refractivity contribution in [2.24, 2.45) is 0 Å². The number of likely N-dealkylation sites (tertiary alicyclic amines) is 1. The van der Waals surface area contributed by atoms with Crippen LogP contribution in [0, 0.1) is 0 Å². The lowest BCUT2D eigenvalue weighted by molar-refractivity contribution is -0.156. The van der Waals surface area contributed by atoms with Gasteiger partial charge in [0.05, 0.1) is 0 Å². The molecule has 0 atom stereocenters. The van der Waals surface area contributed by atoms with Gasteiger partial charge in [0.2, 0.25) is 0 Å². The molecule has 0 radical (unpaired) electrons. The molecule has 0 unspecified atom stereocenters. The monoisotopic (exact) mass is 197 g/mol. The van der Waals surface area contributed by atoms with Crippen molar-refractivity contribution in [3.8, 4) is 0 Å². The van der Waals surface area contributed by atoms with E-state index in [9.17, 15) is 9.90 Å². The second-order valence-electron chi connectivity index (χ2n) is 4.59. The van der Waals surface area contributed by atoms with Gasteiger partial charge in [-0.25, -0.2) is 0 Å². The van der Waals surface area contributed by atoms with E-state index in [2.05, 4.69) is 4.90 Å².